The number of amides is 1. The largest absolute Gasteiger partial charge is 0.412 e. The van der Waals surface area contributed by atoms with E-state index in [1.54, 1.807) is 30.3 Å². The number of nitrogens with zero attached hydrogens (tertiary/aromatic N) is 1. The lowest BCUT2D eigenvalue weighted by atomic mass is 10.1. The van der Waals surface area contributed by atoms with E-state index in [0.29, 0.717) is 10.9 Å². The summed E-state index contributed by atoms with van der Waals surface area (Å²) in [4.78, 5) is 12.3. The van der Waals surface area contributed by atoms with Gasteiger partial charge in [-0.15, -0.1) is 0 Å². The van der Waals surface area contributed by atoms with Crippen molar-refractivity contribution in [2.45, 2.75) is 12.2 Å². The highest BCUT2D eigenvalue weighted by atomic mass is 19.4. The van der Waals surface area contributed by atoms with Crippen molar-refractivity contribution >= 4 is 16.8 Å². The van der Waals surface area contributed by atoms with Crippen LogP contribution in [0.25, 0.3) is 10.9 Å². The van der Waals surface area contributed by atoms with E-state index in [1.807, 2.05) is 5.32 Å². The third kappa shape index (κ3) is 3.03. The van der Waals surface area contributed by atoms with E-state index in [4.69, 9.17) is 0 Å². The Kier molecular flexibility index (Phi) is 3.77. The van der Waals surface area contributed by atoms with Crippen molar-refractivity contribution in [1.82, 2.24) is 15.5 Å². The topological polar surface area (TPSA) is 57.8 Å². The van der Waals surface area contributed by atoms with E-state index < -0.39 is 18.1 Å². The first-order valence-corrected chi connectivity index (χ1v) is 6.82. The molecule has 0 aliphatic carbocycles. The van der Waals surface area contributed by atoms with Crippen LogP contribution in [-0.4, -0.2) is 22.3 Å². The van der Waals surface area contributed by atoms with Crippen molar-refractivity contribution in [3.8, 4) is 0 Å². The zero-order valence-electron chi connectivity index (χ0n) is 11.8. The van der Waals surface area contributed by atoms with Crippen molar-refractivity contribution in [1.29, 1.82) is 0 Å². The van der Waals surface area contributed by atoms with Crippen molar-refractivity contribution in [2.24, 2.45) is 0 Å². The highest BCUT2D eigenvalue weighted by Gasteiger charge is 2.42. The number of rotatable bonds is 3. The molecule has 7 heteroatoms. The first-order valence-electron chi connectivity index (χ1n) is 6.82. The number of carbonyl (C=O) groups excluding carboxylic acids is 1. The van der Waals surface area contributed by atoms with Gasteiger partial charge in [-0.3, -0.25) is 9.89 Å². The number of fused-ring (bicyclic) bond motifs is 1. The summed E-state index contributed by atoms with van der Waals surface area (Å²) in [5.41, 5.74) is 0.486. The molecule has 1 atom stereocenters. The average molecular weight is 319 g/mol. The van der Waals surface area contributed by atoms with E-state index in [-0.39, 0.29) is 11.3 Å². The first kappa shape index (κ1) is 15.1. The third-order valence-corrected chi connectivity index (χ3v) is 3.42. The Morgan fingerprint density at radius 2 is 1.70 bits per heavy atom. The maximum Gasteiger partial charge on any atom is 0.412 e. The number of benzene rings is 2. The van der Waals surface area contributed by atoms with Crippen LogP contribution in [0.1, 0.15) is 22.1 Å². The minimum absolute atomic E-state index is 0.0341. The Hall–Kier alpha value is -2.83. The molecular formula is C16H12F3N3O. The summed E-state index contributed by atoms with van der Waals surface area (Å²) >= 11 is 0. The number of H-pyrrole nitrogens is 1. The fourth-order valence-electron chi connectivity index (χ4n) is 2.34. The normalized spacial score (nSPS) is 13.0. The zero-order valence-corrected chi connectivity index (χ0v) is 11.8. The van der Waals surface area contributed by atoms with Crippen LogP contribution >= 0.6 is 0 Å². The highest BCUT2D eigenvalue weighted by molar-refractivity contribution is 6.04. The summed E-state index contributed by atoms with van der Waals surface area (Å²) in [5.74, 6) is -0.881. The predicted octanol–water partition coefficient (Wildman–Crippen LogP) is 3.60. The molecule has 0 saturated carbocycles. The molecule has 4 nitrogen and oxygen atoms in total. The number of halogens is 3. The molecule has 0 spiro atoms. The zero-order chi connectivity index (χ0) is 16.4. The molecule has 23 heavy (non-hydrogen) atoms. The smallest absolute Gasteiger partial charge is 0.335 e. The van der Waals surface area contributed by atoms with E-state index >= 15 is 0 Å². The van der Waals surface area contributed by atoms with Crippen LogP contribution in [0, 0.1) is 0 Å². The molecule has 0 aliphatic heterocycles. The van der Waals surface area contributed by atoms with Gasteiger partial charge in [-0.1, -0.05) is 48.5 Å². The fourth-order valence-corrected chi connectivity index (χ4v) is 2.34. The van der Waals surface area contributed by atoms with Crippen LogP contribution in [0.4, 0.5) is 13.2 Å². The Morgan fingerprint density at radius 1 is 1.04 bits per heavy atom. The van der Waals surface area contributed by atoms with Gasteiger partial charge in [0.25, 0.3) is 5.91 Å². The van der Waals surface area contributed by atoms with E-state index in [9.17, 15) is 18.0 Å². The molecule has 0 aliphatic rings. The monoisotopic (exact) mass is 319 g/mol. The Labute approximate surface area is 129 Å². The average Bonchev–Trinajstić information content (AvgIpc) is 2.96. The second-order valence-electron chi connectivity index (χ2n) is 4.98. The summed E-state index contributed by atoms with van der Waals surface area (Å²) in [6.45, 7) is 0. The predicted molar refractivity (Wildman–Crippen MR) is 78.8 cm³/mol. The van der Waals surface area contributed by atoms with Gasteiger partial charge in [0.1, 0.15) is 0 Å². The van der Waals surface area contributed by atoms with Crippen molar-refractivity contribution in [3.63, 3.8) is 0 Å². The van der Waals surface area contributed by atoms with Gasteiger partial charge in [-0.2, -0.15) is 18.3 Å². The second kappa shape index (κ2) is 5.75. The van der Waals surface area contributed by atoms with Crippen LogP contribution in [0.3, 0.4) is 0 Å². The van der Waals surface area contributed by atoms with E-state index in [1.165, 1.54) is 24.3 Å². The number of para-hydroxylation sites is 1. The number of carbonyl (C=O) groups is 1. The molecule has 1 amide bonds. The van der Waals surface area contributed by atoms with Crippen molar-refractivity contribution in [3.05, 3.63) is 65.9 Å². The third-order valence-electron chi connectivity index (χ3n) is 3.42. The molecule has 118 valence electrons. The summed E-state index contributed by atoms with van der Waals surface area (Å²) in [7, 11) is 0. The SMILES string of the molecule is O=C(NC(c1ccccc1)C(F)(F)F)c1n[nH]c2ccccc12. The highest BCUT2D eigenvalue weighted by Crippen LogP contribution is 2.33. The number of hydrogen-bond acceptors (Lipinski definition) is 2. The molecular weight excluding hydrogens is 307 g/mol. The van der Waals surface area contributed by atoms with Gasteiger partial charge in [0, 0.05) is 5.39 Å². The van der Waals surface area contributed by atoms with Gasteiger partial charge in [-0.05, 0) is 11.6 Å². The van der Waals surface area contributed by atoms with E-state index in [0.717, 1.165) is 0 Å². The fraction of sp³-hybridized carbons (Fsp3) is 0.125. The number of hydrogen-bond donors (Lipinski definition) is 2. The molecule has 2 N–H and O–H groups in total. The lowest BCUT2D eigenvalue weighted by Crippen LogP contribution is -2.38. The maximum atomic E-state index is 13.3. The van der Waals surface area contributed by atoms with Gasteiger partial charge < -0.3 is 5.32 Å². The van der Waals surface area contributed by atoms with Gasteiger partial charge in [-0.25, -0.2) is 0 Å². The molecule has 3 rings (SSSR count). The number of aromatic nitrogens is 2. The van der Waals surface area contributed by atoms with Crippen molar-refractivity contribution < 1.29 is 18.0 Å². The molecule has 0 bridgehead atoms. The summed E-state index contributed by atoms with van der Waals surface area (Å²) in [6.07, 6.45) is -4.61. The Morgan fingerprint density at radius 3 is 2.39 bits per heavy atom. The minimum atomic E-state index is -4.61. The molecule has 3 aromatic rings. The minimum Gasteiger partial charge on any atom is -0.335 e. The maximum absolute atomic E-state index is 13.3. The standard InChI is InChI=1S/C16H12F3N3O/c17-16(18,19)14(10-6-2-1-3-7-10)20-15(23)13-11-8-4-5-9-12(11)21-22-13/h1-9,14H,(H,20,23)(H,21,22). The van der Waals surface area contributed by atoms with Gasteiger partial charge >= 0.3 is 6.18 Å². The second-order valence-corrected chi connectivity index (χ2v) is 4.98. The van der Waals surface area contributed by atoms with Crippen LogP contribution < -0.4 is 5.32 Å². The molecule has 1 unspecified atom stereocenters. The quantitative estimate of drug-likeness (QED) is 0.775. The van der Waals surface area contributed by atoms with Crippen molar-refractivity contribution in [2.75, 3.05) is 0 Å². The molecule has 1 heterocycles. The lowest BCUT2D eigenvalue weighted by molar-refractivity contribution is -0.155. The molecule has 2 aromatic carbocycles. The molecule has 1 aromatic heterocycles. The summed E-state index contributed by atoms with van der Waals surface area (Å²) < 4.78 is 39.8. The summed E-state index contributed by atoms with van der Waals surface area (Å²) in [5, 5.41) is 8.94. The van der Waals surface area contributed by atoms with Crippen LogP contribution in [-0.2, 0) is 0 Å². The Bertz CT molecular complexity index is 827. The molecule has 0 fully saturated rings. The van der Waals surface area contributed by atoms with Gasteiger partial charge in [0.15, 0.2) is 11.7 Å². The molecule has 0 radical (unpaired) electrons. The Balaban J connectivity index is 1.93. The van der Waals surface area contributed by atoms with Gasteiger partial charge in [0.05, 0.1) is 5.52 Å². The summed E-state index contributed by atoms with van der Waals surface area (Å²) in [6, 6.07) is 11.9. The number of nitrogens with one attached hydrogen (secondary N) is 2. The lowest BCUT2D eigenvalue weighted by Gasteiger charge is -2.21. The van der Waals surface area contributed by atoms with Crippen LogP contribution in [0.15, 0.2) is 54.6 Å². The van der Waals surface area contributed by atoms with Crippen LogP contribution in [0.5, 0.6) is 0 Å². The van der Waals surface area contributed by atoms with Gasteiger partial charge in [0.2, 0.25) is 0 Å². The molecule has 0 saturated heterocycles. The van der Waals surface area contributed by atoms with E-state index in [2.05, 4.69) is 10.2 Å². The number of alkyl halides is 3. The number of aromatic amines is 1. The van der Waals surface area contributed by atoms with Crippen LogP contribution in [0.2, 0.25) is 0 Å². The first-order chi connectivity index (χ1) is 11.0.